The van der Waals surface area contributed by atoms with Gasteiger partial charge < -0.3 is 10.2 Å². The van der Waals surface area contributed by atoms with Gasteiger partial charge in [0, 0.05) is 31.6 Å². The minimum atomic E-state index is -3.55. The summed E-state index contributed by atoms with van der Waals surface area (Å²) >= 11 is 0. The van der Waals surface area contributed by atoms with Crippen molar-refractivity contribution >= 4 is 27.5 Å². The molecule has 2 amide bonds. The van der Waals surface area contributed by atoms with E-state index in [1.54, 1.807) is 44.2 Å². The van der Waals surface area contributed by atoms with Gasteiger partial charge in [-0.1, -0.05) is 37.3 Å². The molecule has 0 fully saturated rings. The molecule has 1 atom stereocenters. The summed E-state index contributed by atoms with van der Waals surface area (Å²) in [5.41, 5.74) is 1.93. The van der Waals surface area contributed by atoms with Crippen LogP contribution in [0.25, 0.3) is 0 Å². The fourth-order valence-corrected chi connectivity index (χ4v) is 4.58. The molecule has 0 spiro atoms. The van der Waals surface area contributed by atoms with Crippen molar-refractivity contribution in [1.29, 1.82) is 0 Å². The maximum atomic E-state index is 14.2. The first-order chi connectivity index (χ1) is 16.1. The largest absolute Gasteiger partial charge is 0.355 e. The number of halogens is 1. The van der Waals surface area contributed by atoms with Crippen molar-refractivity contribution in [1.82, 2.24) is 10.2 Å². The summed E-state index contributed by atoms with van der Waals surface area (Å²) < 4.78 is 40.3. The van der Waals surface area contributed by atoms with E-state index in [2.05, 4.69) is 5.32 Å². The highest BCUT2D eigenvalue weighted by atomic mass is 32.2. The van der Waals surface area contributed by atoms with Crippen LogP contribution >= 0.6 is 0 Å². The maximum Gasteiger partial charge on any atom is 0.242 e. The Kier molecular flexibility index (Phi) is 10.0. The maximum absolute atomic E-state index is 14.2. The number of sulfonamides is 1. The summed E-state index contributed by atoms with van der Waals surface area (Å²) in [4.78, 5) is 26.9. The molecule has 0 radical (unpaired) electrons. The molecule has 0 bridgehead atoms. The lowest BCUT2D eigenvalue weighted by Crippen LogP contribution is -2.47. The van der Waals surface area contributed by atoms with Crippen LogP contribution < -0.4 is 9.62 Å². The molecular formula is C25H34FN3O4S. The van der Waals surface area contributed by atoms with Crippen molar-refractivity contribution < 1.29 is 22.4 Å². The topological polar surface area (TPSA) is 86.8 Å². The van der Waals surface area contributed by atoms with Crippen LogP contribution in [0.3, 0.4) is 0 Å². The molecular weight excluding hydrogens is 457 g/mol. The van der Waals surface area contributed by atoms with Crippen LogP contribution in [-0.2, 0) is 32.6 Å². The lowest BCUT2D eigenvalue weighted by molar-refractivity contribution is -0.140. The molecule has 0 saturated carbocycles. The monoisotopic (exact) mass is 491 g/mol. The van der Waals surface area contributed by atoms with Crippen LogP contribution in [-0.4, -0.2) is 50.5 Å². The summed E-state index contributed by atoms with van der Waals surface area (Å²) in [5.74, 6) is -1.14. The number of benzene rings is 2. The Labute approximate surface area is 202 Å². The number of carbonyl (C=O) groups is 2. The third kappa shape index (κ3) is 7.55. The smallest absolute Gasteiger partial charge is 0.242 e. The van der Waals surface area contributed by atoms with Gasteiger partial charge in [-0.15, -0.1) is 0 Å². The van der Waals surface area contributed by atoms with Gasteiger partial charge in [-0.25, -0.2) is 12.8 Å². The second-order valence-corrected chi connectivity index (χ2v) is 10.0. The Morgan fingerprint density at radius 2 is 1.71 bits per heavy atom. The quantitative estimate of drug-likeness (QED) is 0.492. The molecule has 0 aliphatic rings. The average molecular weight is 492 g/mol. The molecule has 0 aliphatic carbocycles. The first-order valence-electron chi connectivity index (χ1n) is 11.5. The van der Waals surface area contributed by atoms with Crippen LogP contribution in [0.5, 0.6) is 0 Å². The molecule has 9 heteroatoms. The lowest BCUT2D eigenvalue weighted by Gasteiger charge is -2.29. The van der Waals surface area contributed by atoms with Crippen LogP contribution in [0.1, 0.15) is 44.7 Å². The number of anilines is 1. The van der Waals surface area contributed by atoms with E-state index >= 15 is 0 Å². The van der Waals surface area contributed by atoms with Crippen molar-refractivity contribution in [3.8, 4) is 0 Å². The molecule has 0 aliphatic heterocycles. The zero-order valence-electron chi connectivity index (χ0n) is 20.3. The molecule has 0 aromatic heterocycles. The Hall–Kier alpha value is -2.94. The van der Waals surface area contributed by atoms with E-state index in [9.17, 15) is 22.4 Å². The predicted octanol–water partition coefficient (Wildman–Crippen LogP) is 3.49. The third-order valence-corrected chi connectivity index (χ3v) is 6.80. The van der Waals surface area contributed by atoms with E-state index in [-0.39, 0.29) is 37.7 Å². The Morgan fingerprint density at radius 3 is 2.26 bits per heavy atom. The Balaban J connectivity index is 2.15. The highest BCUT2D eigenvalue weighted by molar-refractivity contribution is 7.92. The number of amides is 2. The van der Waals surface area contributed by atoms with Gasteiger partial charge in [0.2, 0.25) is 21.8 Å². The van der Waals surface area contributed by atoms with Crippen LogP contribution in [0, 0.1) is 5.82 Å². The molecule has 1 N–H and O–H groups in total. The number of rotatable bonds is 12. The van der Waals surface area contributed by atoms with Crippen LogP contribution in [0.4, 0.5) is 10.1 Å². The number of aryl methyl sites for hydroxylation is 1. The van der Waals surface area contributed by atoms with E-state index in [0.717, 1.165) is 18.2 Å². The van der Waals surface area contributed by atoms with Crippen molar-refractivity contribution in [2.24, 2.45) is 0 Å². The van der Waals surface area contributed by atoms with Gasteiger partial charge in [-0.05, 0) is 50.5 Å². The van der Waals surface area contributed by atoms with Gasteiger partial charge >= 0.3 is 0 Å². The highest BCUT2D eigenvalue weighted by Crippen LogP contribution is 2.20. The van der Waals surface area contributed by atoms with Gasteiger partial charge in [-0.2, -0.15) is 0 Å². The number of nitrogens with zero attached hydrogens (tertiary/aromatic N) is 2. The molecule has 2 aromatic rings. The van der Waals surface area contributed by atoms with E-state index < -0.39 is 21.9 Å². The standard InChI is InChI=1S/C25H34FN3O4S/c1-5-20-13-15-22(16-14-20)29(34(4,32)33)17-9-12-24(30)28(19(3)25(31)27-6-2)18-21-10-7-8-11-23(21)26/h7-8,10-11,13-16,19H,5-6,9,12,17-18H2,1-4H3,(H,27,31)/t19-/m0/s1. The number of hydrogen-bond acceptors (Lipinski definition) is 4. The number of nitrogens with one attached hydrogen (secondary N) is 1. The molecule has 34 heavy (non-hydrogen) atoms. The number of likely N-dealkylation sites (N-methyl/N-ethyl adjacent to an activating group) is 1. The zero-order valence-corrected chi connectivity index (χ0v) is 21.1. The molecule has 7 nitrogen and oxygen atoms in total. The Morgan fingerprint density at radius 1 is 1.06 bits per heavy atom. The highest BCUT2D eigenvalue weighted by Gasteiger charge is 2.27. The molecule has 2 aromatic carbocycles. The summed E-state index contributed by atoms with van der Waals surface area (Å²) in [5, 5.41) is 2.69. The van der Waals surface area contributed by atoms with Crippen LogP contribution in [0.2, 0.25) is 0 Å². The Bertz CT molecular complexity index is 1070. The van der Waals surface area contributed by atoms with Crippen molar-refractivity contribution in [3.05, 3.63) is 65.5 Å². The summed E-state index contributed by atoms with van der Waals surface area (Å²) in [6, 6.07) is 12.6. The molecule has 0 unspecified atom stereocenters. The molecule has 0 saturated heterocycles. The van der Waals surface area contributed by atoms with Gasteiger partial charge in [-0.3, -0.25) is 13.9 Å². The normalized spacial score (nSPS) is 12.1. The summed E-state index contributed by atoms with van der Waals surface area (Å²) in [6.45, 7) is 5.86. The van der Waals surface area contributed by atoms with E-state index in [4.69, 9.17) is 0 Å². The van der Waals surface area contributed by atoms with Gasteiger partial charge in [0.05, 0.1) is 11.9 Å². The minimum Gasteiger partial charge on any atom is -0.355 e. The molecule has 186 valence electrons. The SMILES string of the molecule is CCNC(=O)[C@H](C)N(Cc1ccccc1F)C(=O)CCCN(c1ccc(CC)cc1)S(C)(=O)=O. The first-order valence-corrected chi connectivity index (χ1v) is 13.3. The van der Waals surface area contributed by atoms with Crippen LogP contribution in [0.15, 0.2) is 48.5 Å². The second kappa shape index (κ2) is 12.5. The van der Waals surface area contributed by atoms with E-state index in [0.29, 0.717) is 17.8 Å². The molecule has 2 rings (SSSR count). The number of carbonyl (C=O) groups excluding carboxylic acids is 2. The minimum absolute atomic E-state index is 0.0112. The van der Waals surface area contributed by atoms with E-state index in [1.807, 2.05) is 19.1 Å². The van der Waals surface area contributed by atoms with Crippen molar-refractivity contribution in [3.63, 3.8) is 0 Å². The summed E-state index contributed by atoms with van der Waals surface area (Å²) in [7, 11) is -3.55. The van der Waals surface area contributed by atoms with Gasteiger partial charge in [0.15, 0.2) is 0 Å². The molecule has 0 heterocycles. The summed E-state index contributed by atoms with van der Waals surface area (Å²) in [6.07, 6.45) is 2.23. The zero-order chi connectivity index (χ0) is 25.3. The van der Waals surface area contributed by atoms with Gasteiger partial charge in [0.1, 0.15) is 11.9 Å². The second-order valence-electron chi connectivity index (χ2n) is 8.14. The fourth-order valence-electron chi connectivity index (χ4n) is 3.62. The average Bonchev–Trinajstić information content (AvgIpc) is 2.80. The van der Waals surface area contributed by atoms with E-state index in [1.165, 1.54) is 15.3 Å². The predicted molar refractivity (Wildman–Crippen MR) is 132 cm³/mol. The van der Waals surface area contributed by atoms with Crippen molar-refractivity contribution in [2.75, 3.05) is 23.7 Å². The third-order valence-electron chi connectivity index (χ3n) is 5.60. The fraction of sp³-hybridized carbons (Fsp3) is 0.440. The number of hydrogen-bond donors (Lipinski definition) is 1. The first kappa shape index (κ1) is 27.3. The lowest BCUT2D eigenvalue weighted by atomic mass is 10.1. The van der Waals surface area contributed by atoms with Crippen molar-refractivity contribution in [2.45, 2.75) is 52.6 Å². The van der Waals surface area contributed by atoms with Gasteiger partial charge in [0.25, 0.3) is 0 Å².